The quantitative estimate of drug-likeness (QED) is 0.812. The van der Waals surface area contributed by atoms with Crippen LogP contribution in [0.4, 0.5) is 0 Å². The van der Waals surface area contributed by atoms with Crippen molar-refractivity contribution in [1.29, 1.82) is 0 Å². The van der Waals surface area contributed by atoms with E-state index in [4.69, 9.17) is 5.11 Å². The lowest BCUT2D eigenvalue weighted by Gasteiger charge is -2.33. The molecule has 2 atom stereocenters. The van der Waals surface area contributed by atoms with Crippen LogP contribution in [-0.2, 0) is 6.42 Å². The molecule has 2 heteroatoms. The van der Waals surface area contributed by atoms with Crippen molar-refractivity contribution in [1.82, 2.24) is 5.32 Å². The van der Waals surface area contributed by atoms with Crippen molar-refractivity contribution in [2.75, 3.05) is 13.7 Å². The summed E-state index contributed by atoms with van der Waals surface area (Å²) < 4.78 is 0. The van der Waals surface area contributed by atoms with Crippen LogP contribution in [0, 0.1) is 0 Å². The lowest BCUT2D eigenvalue weighted by atomic mass is 9.77. The standard InChI is InChI=1S/C14H21NO/c1-15-14-9-8-11-5-2-3-6-12(11)13(14)7-4-10-16/h2-3,5-6,13-16H,4,7-10H2,1H3. The Kier molecular flexibility index (Phi) is 3.97. The molecule has 0 aromatic heterocycles. The van der Waals surface area contributed by atoms with E-state index in [-0.39, 0.29) is 0 Å². The molecule has 2 rings (SSSR count). The summed E-state index contributed by atoms with van der Waals surface area (Å²) in [6.45, 7) is 0.301. The zero-order chi connectivity index (χ0) is 11.4. The summed E-state index contributed by atoms with van der Waals surface area (Å²) in [5.41, 5.74) is 2.98. The number of likely N-dealkylation sites (N-methyl/N-ethyl adjacent to an activating group) is 1. The molecule has 0 radical (unpaired) electrons. The van der Waals surface area contributed by atoms with Crippen LogP contribution >= 0.6 is 0 Å². The summed E-state index contributed by atoms with van der Waals surface area (Å²) >= 11 is 0. The summed E-state index contributed by atoms with van der Waals surface area (Å²) in [6, 6.07) is 9.32. The molecule has 2 nitrogen and oxygen atoms in total. The first-order valence-electron chi connectivity index (χ1n) is 6.22. The van der Waals surface area contributed by atoms with Crippen LogP contribution in [0.5, 0.6) is 0 Å². The average molecular weight is 219 g/mol. The van der Waals surface area contributed by atoms with Crippen molar-refractivity contribution in [3.8, 4) is 0 Å². The zero-order valence-electron chi connectivity index (χ0n) is 9.95. The second-order valence-electron chi connectivity index (χ2n) is 4.60. The van der Waals surface area contributed by atoms with E-state index in [9.17, 15) is 0 Å². The predicted octanol–water partition coefficient (Wildman–Crippen LogP) is 2.08. The SMILES string of the molecule is CNC1CCc2ccccc2C1CCCO. The highest BCUT2D eigenvalue weighted by molar-refractivity contribution is 5.34. The minimum absolute atomic E-state index is 0.301. The molecule has 0 aliphatic heterocycles. The molecule has 16 heavy (non-hydrogen) atoms. The van der Waals surface area contributed by atoms with Gasteiger partial charge in [-0.1, -0.05) is 24.3 Å². The van der Waals surface area contributed by atoms with Crippen LogP contribution in [0.2, 0.25) is 0 Å². The number of aliphatic hydroxyl groups excluding tert-OH is 1. The number of benzene rings is 1. The van der Waals surface area contributed by atoms with Gasteiger partial charge in [-0.2, -0.15) is 0 Å². The highest BCUT2D eigenvalue weighted by Crippen LogP contribution is 2.34. The molecule has 2 unspecified atom stereocenters. The first-order valence-corrected chi connectivity index (χ1v) is 6.22. The van der Waals surface area contributed by atoms with E-state index in [2.05, 4.69) is 29.6 Å². The minimum Gasteiger partial charge on any atom is -0.396 e. The average Bonchev–Trinajstić information content (AvgIpc) is 2.35. The largest absolute Gasteiger partial charge is 0.396 e. The second kappa shape index (κ2) is 5.46. The van der Waals surface area contributed by atoms with E-state index in [0.717, 1.165) is 12.8 Å². The molecule has 0 heterocycles. The summed E-state index contributed by atoms with van der Waals surface area (Å²) in [6.07, 6.45) is 4.37. The van der Waals surface area contributed by atoms with Crippen LogP contribution in [0.15, 0.2) is 24.3 Å². The summed E-state index contributed by atoms with van der Waals surface area (Å²) in [7, 11) is 2.05. The monoisotopic (exact) mass is 219 g/mol. The lowest BCUT2D eigenvalue weighted by Crippen LogP contribution is -2.36. The van der Waals surface area contributed by atoms with Gasteiger partial charge in [-0.15, -0.1) is 0 Å². The third kappa shape index (κ3) is 2.28. The Labute approximate surface area is 97.7 Å². The first-order chi connectivity index (χ1) is 7.86. The molecular formula is C14H21NO. The molecule has 1 aromatic carbocycles. The van der Waals surface area contributed by atoms with E-state index in [1.54, 1.807) is 0 Å². The maximum absolute atomic E-state index is 8.98. The Bertz CT molecular complexity index is 337. The number of aryl methyl sites for hydroxylation is 1. The molecule has 0 saturated heterocycles. The Morgan fingerprint density at radius 1 is 1.38 bits per heavy atom. The van der Waals surface area contributed by atoms with E-state index in [0.29, 0.717) is 18.6 Å². The second-order valence-corrected chi connectivity index (χ2v) is 4.60. The van der Waals surface area contributed by atoms with Crippen LogP contribution < -0.4 is 5.32 Å². The van der Waals surface area contributed by atoms with Crippen molar-refractivity contribution in [3.63, 3.8) is 0 Å². The molecule has 1 aliphatic carbocycles. The summed E-state index contributed by atoms with van der Waals surface area (Å²) in [5, 5.41) is 12.4. The van der Waals surface area contributed by atoms with Crippen LogP contribution in [0.3, 0.4) is 0 Å². The van der Waals surface area contributed by atoms with Gasteiger partial charge in [-0.3, -0.25) is 0 Å². The van der Waals surface area contributed by atoms with Crippen molar-refractivity contribution in [3.05, 3.63) is 35.4 Å². The van der Waals surface area contributed by atoms with Gasteiger partial charge in [0.15, 0.2) is 0 Å². The third-order valence-electron chi connectivity index (χ3n) is 3.71. The number of hydrogen-bond acceptors (Lipinski definition) is 2. The Balaban J connectivity index is 2.22. The van der Waals surface area contributed by atoms with E-state index in [1.165, 1.54) is 24.0 Å². The fourth-order valence-corrected chi connectivity index (χ4v) is 2.87. The molecule has 0 saturated carbocycles. The summed E-state index contributed by atoms with van der Waals surface area (Å²) in [5.74, 6) is 0.571. The van der Waals surface area contributed by atoms with Gasteiger partial charge in [0.05, 0.1) is 0 Å². The molecule has 1 aliphatic rings. The van der Waals surface area contributed by atoms with Crippen molar-refractivity contribution in [2.24, 2.45) is 0 Å². The van der Waals surface area contributed by atoms with Crippen LogP contribution in [0.25, 0.3) is 0 Å². The Hall–Kier alpha value is -0.860. The molecule has 2 N–H and O–H groups in total. The number of nitrogens with one attached hydrogen (secondary N) is 1. The van der Waals surface area contributed by atoms with E-state index < -0.39 is 0 Å². The fraction of sp³-hybridized carbons (Fsp3) is 0.571. The molecule has 0 spiro atoms. The number of aliphatic hydroxyl groups is 1. The topological polar surface area (TPSA) is 32.3 Å². The molecular weight excluding hydrogens is 198 g/mol. The smallest absolute Gasteiger partial charge is 0.0431 e. The van der Waals surface area contributed by atoms with Gasteiger partial charge in [0.25, 0.3) is 0 Å². The van der Waals surface area contributed by atoms with E-state index in [1.807, 2.05) is 7.05 Å². The first kappa shape index (κ1) is 11.6. The number of hydrogen-bond donors (Lipinski definition) is 2. The van der Waals surface area contributed by atoms with Gasteiger partial charge in [-0.05, 0) is 49.8 Å². The van der Waals surface area contributed by atoms with Crippen molar-refractivity contribution < 1.29 is 5.11 Å². The maximum Gasteiger partial charge on any atom is 0.0431 e. The highest BCUT2D eigenvalue weighted by Gasteiger charge is 2.27. The van der Waals surface area contributed by atoms with E-state index >= 15 is 0 Å². The molecule has 0 bridgehead atoms. The van der Waals surface area contributed by atoms with Gasteiger partial charge in [0, 0.05) is 12.6 Å². The predicted molar refractivity (Wildman–Crippen MR) is 66.7 cm³/mol. The van der Waals surface area contributed by atoms with Gasteiger partial charge in [0.1, 0.15) is 0 Å². The maximum atomic E-state index is 8.98. The van der Waals surface area contributed by atoms with Crippen molar-refractivity contribution >= 4 is 0 Å². The summed E-state index contributed by atoms with van der Waals surface area (Å²) in [4.78, 5) is 0. The highest BCUT2D eigenvalue weighted by atomic mass is 16.2. The Morgan fingerprint density at radius 3 is 2.94 bits per heavy atom. The van der Waals surface area contributed by atoms with Crippen molar-refractivity contribution in [2.45, 2.75) is 37.6 Å². The molecule has 0 fully saturated rings. The fourth-order valence-electron chi connectivity index (χ4n) is 2.87. The molecule has 1 aromatic rings. The van der Waals surface area contributed by atoms with Gasteiger partial charge < -0.3 is 10.4 Å². The normalized spacial score (nSPS) is 24.1. The van der Waals surface area contributed by atoms with Crippen LogP contribution in [-0.4, -0.2) is 24.8 Å². The van der Waals surface area contributed by atoms with Gasteiger partial charge >= 0.3 is 0 Å². The number of fused-ring (bicyclic) bond motifs is 1. The minimum atomic E-state index is 0.301. The van der Waals surface area contributed by atoms with Gasteiger partial charge in [-0.25, -0.2) is 0 Å². The lowest BCUT2D eigenvalue weighted by molar-refractivity contribution is 0.269. The Morgan fingerprint density at radius 2 is 2.19 bits per heavy atom. The van der Waals surface area contributed by atoms with Gasteiger partial charge in [0.2, 0.25) is 0 Å². The molecule has 0 amide bonds. The number of rotatable bonds is 4. The molecule has 88 valence electrons. The zero-order valence-corrected chi connectivity index (χ0v) is 9.95. The van der Waals surface area contributed by atoms with Crippen LogP contribution in [0.1, 0.15) is 36.3 Å². The third-order valence-corrected chi connectivity index (χ3v) is 3.71.